The summed E-state index contributed by atoms with van der Waals surface area (Å²) in [4.78, 5) is 12.2. The zero-order valence-corrected chi connectivity index (χ0v) is 15.7. The van der Waals surface area contributed by atoms with Crippen molar-refractivity contribution in [3.8, 4) is 0 Å². The van der Waals surface area contributed by atoms with Crippen LogP contribution in [0.5, 0.6) is 0 Å². The minimum absolute atomic E-state index is 0.0574. The lowest BCUT2D eigenvalue weighted by Gasteiger charge is -2.37. The highest BCUT2D eigenvalue weighted by Crippen LogP contribution is 2.57. The first-order chi connectivity index (χ1) is 12.7. The van der Waals surface area contributed by atoms with Crippen molar-refractivity contribution in [1.82, 2.24) is 5.32 Å². The van der Waals surface area contributed by atoms with Crippen LogP contribution in [0, 0.1) is 29.1 Å². The number of halogens is 6. The second-order valence-corrected chi connectivity index (χ2v) is 9.09. The minimum atomic E-state index is -5.77. The molecule has 1 aliphatic heterocycles. The maximum atomic E-state index is 12.9. The molecule has 1 heterocycles. The topological polar surface area (TPSA) is 68.5 Å². The Morgan fingerprint density at radius 2 is 1.50 bits per heavy atom. The summed E-state index contributed by atoms with van der Waals surface area (Å²) in [7, 11) is 0. The van der Waals surface area contributed by atoms with Gasteiger partial charge in [-0.05, 0) is 63.2 Å². The van der Waals surface area contributed by atoms with Crippen LogP contribution >= 0.6 is 0 Å². The number of aliphatic hydroxyl groups is 1. The average molecular weight is 417 g/mol. The molecule has 5 unspecified atom stereocenters. The maximum absolute atomic E-state index is 12.9. The Bertz CT molecular complexity index is 599. The number of ether oxygens (including phenoxy) is 1. The second kappa shape index (κ2) is 6.75. The van der Waals surface area contributed by atoms with Crippen LogP contribution in [0.1, 0.15) is 39.5 Å². The number of nitrogens with one attached hydrogen (secondary N) is 1. The van der Waals surface area contributed by atoms with E-state index in [1.165, 1.54) is 0 Å². The lowest BCUT2D eigenvalue weighted by Crippen LogP contribution is -2.58. The Morgan fingerprint density at radius 3 is 1.93 bits per heavy atom. The number of rotatable bonds is 6. The van der Waals surface area contributed by atoms with Gasteiger partial charge in [-0.3, -0.25) is 4.79 Å². The Kier molecular flexibility index (Phi) is 5.23. The molecule has 0 aromatic rings. The summed E-state index contributed by atoms with van der Waals surface area (Å²) in [5.74, 6) is -1.68. The number of esters is 1. The zero-order valence-electron chi connectivity index (χ0n) is 15.7. The van der Waals surface area contributed by atoms with Gasteiger partial charge in [0.1, 0.15) is 0 Å². The maximum Gasteiger partial charge on any atom is 0.426 e. The first-order valence-electron chi connectivity index (χ1n) is 9.43. The van der Waals surface area contributed by atoms with Crippen molar-refractivity contribution in [2.45, 2.75) is 63.5 Å². The van der Waals surface area contributed by atoms with Gasteiger partial charge in [0, 0.05) is 12.6 Å². The van der Waals surface area contributed by atoms with E-state index < -0.39 is 35.7 Å². The van der Waals surface area contributed by atoms with E-state index in [2.05, 4.69) is 5.32 Å². The van der Waals surface area contributed by atoms with Crippen molar-refractivity contribution in [2.24, 2.45) is 29.1 Å². The molecule has 3 fully saturated rings. The van der Waals surface area contributed by atoms with Crippen molar-refractivity contribution < 1.29 is 41.0 Å². The van der Waals surface area contributed by atoms with Crippen molar-refractivity contribution in [3.05, 3.63) is 0 Å². The number of hydrogen-bond acceptors (Lipinski definition) is 4. The Hall–Kier alpha value is -1.03. The first-order valence-corrected chi connectivity index (χ1v) is 9.43. The van der Waals surface area contributed by atoms with E-state index in [4.69, 9.17) is 4.74 Å². The first kappa shape index (κ1) is 21.7. The summed E-state index contributed by atoms with van der Waals surface area (Å²) < 4.78 is 83.0. The third-order valence-electron chi connectivity index (χ3n) is 6.88. The molecule has 3 aliphatic rings. The summed E-state index contributed by atoms with van der Waals surface area (Å²) in [6.07, 6.45) is -11.8. The lowest BCUT2D eigenvalue weighted by atomic mass is 9.76. The summed E-state index contributed by atoms with van der Waals surface area (Å²) in [5.41, 5.74) is -5.35. The third kappa shape index (κ3) is 3.74. The molecule has 4 nitrogen and oxygen atoms in total. The molecule has 0 amide bonds. The normalized spacial score (nSPS) is 33.2. The smallest absolute Gasteiger partial charge is 0.426 e. The molecular weight excluding hydrogens is 392 g/mol. The van der Waals surface area contributed by atoms with Crippen LogP contribution in [0.2, 0.25) is 0 Å². The van der Waals surface area contributed by atoms with Gasteiger partial charge in [0.15, 0.2) is 0 Å². The van der Waals surface area contributed by atoms with Gasteiger partial charge in [0.25, 0.3) is 5.60 Å². The molecule has 0 aromatic carbocycles. The van der Waals surface area contributed by atoms with E-state index in [0.717, 1.165) is 6.54 Å². The largest absolute Gasteiger partial charge is 0.465 e. The number of carbonyl (C=O) groups is 1. The van der Waals surface area contributed by atoms with Gasteiger partial charge in [-0.1, -0.05) is 0 Å². The van der Waals surface area contributed by atoms with Crippen LogP contribution in [0.25, 0.3) is 0 Å². The molecule has 0 aromatic heterocycles. The van der Waals surface area contributed by atoms with Gasteiger partial charge in [-0.15, -0.1) is 0 Å². The fourth-order valence-electron chi connectivity index (χ4n) is 4.82. The molecule has 162 valence electrons. The average Bonchev–Trinajstić information content (AvgIpc) is 3.25. The van der Waals surface area contributed by atoms with E-state index in [-0.39, 0.29) is 42.8 Å². The fourth-order valence-corrected chi connectivity index (χ4v) is 4.82. The van der Waals surface area contributed by atoms with E-state index >= 15 is 0 Å². The van der Waals surface area contributed by atoms with Gasteiger partial charge in [-0.25, -0.2) is 0 Å². The van der Waals surface area contributed by atoms with Gasteiger partial charge >= 0.3 is 18.3 Å². The fraction of sp³-hybridized carbons (Fsp3) is 0.944. The van der Waals surface area contributed by atoms with Gasteiger partial charge in [-0.2, -0.15) is 26.3 Å². The van der Waals surface area contributed by atoms with Crippen LogP contribution in [-0.2, 0) is 9.53 Å². The van der Waals surface area contributed by atoms with Crippen molar-refractivity contribution in [2.75, 3.05) is 13.2 Å². The summed E-state index contributed by atoms with van der Waals surface area (Å²) in [6, 6.07) is 0.0619. The van der Waals surface area contributed by atoms with Crippen LogP contribution in [0.15, 0.2) is 0 Å². The van der Waals surface area contributed by atoms with Crippen molar-refractivity contribution in [1.29, 1.82) is 0 Å². The lowest BCUT2D eigenvalue weighted by molar-refractivity contribution is -0.373. The molecule has 2 N–H and O–H groups in total. The molecule has 0 spiro atoms. The molecule has 2 saturated carbocycles. The third-order valence-corrected chi connectivity index (χ3v) is 6.88. The van der Waals surface area contributed by atoms with E-state index in [0.29, 0.717) is 12.8 Å². The molecule has 2 aliphatic carbocycles. The Balaban J connectivity index is 1.56. The Morgan fingerprint density at radius 1 is 1.00 bits per heavy atom. The molecule has 5 atom stereocenters. The zero-order chi connectivity index (χ0) is 21.1. The van der Waals surface area contributed by atoms with Crippen LogP contribution in [-0.4, -0.2) is 48.2 Å². The number of hydrogen-bond donors (Lipinski definition) is 2. The number of carbonyl (C=O) groups excluding carboxylic acids is 1. The predicted molar refractivity (Wildman–Crippen MR) is 86.0 cm³/mol. The highest BCUT2D eigenvalue weighted by molar-refractivity contribution is 5.77. The van der Waals surface area contributed by atoms with Crippen molar-refractivity contribution >= 4 is 5.97 Å². The van der Waals surface area contributed by atoms with Crippen LogP contribution in [0.3, 0.4) is 0 Å². The predicted octanol–water partition coefficient (Wildman–Crippen LogP) is 3.44. The summed E-state index contributed by atoms with van der Waals surface area (Å²) in [5, 5.41) is 12.5. The molecule has 1 saturated heterocycles. The van der Waals surface area contributed by atoms with Crippen LogP contribution < -0.4 is 5.32 Å². The Labute approximate surface area is 159 Å². The van der Waals surface area contributed by atoms with Gasteiger partial charge in [0.2, 0.25) is 0 Å². The summed E-state index contributed by atoms with van der Waals surface area (Å²) >= 11 is 0. The van der Waals surface area contributed by atoms with E-state index in [1.54, 1.807) is 13.8 Å². The summed E-state index contributed by atoms with van der Waals surface area (Å²) in [6.45, 7) is 4.41. The number of fused-ring (bicyclic) bond motifs is 2. The van der Waals surface area contributed by atoms with Crippen LogP contribution in [0.4, 0.5) is 26.3 Å². The van der Waals surface area contributed by atoms with Crippen molar-refractivity contribution in [3.63, 3.8) is 0 Å². The van der Waals surface area contributed by atoms with Gasteiger partial charge in [0.05, 0.1) is 12.0 Å². The molecule has 10 heteroatoms. The molecule has 28 heavy (non-hydrogen) atoms. The molecule has 2 bridgehead atoms. The molecule has 0 radical (unpaired) electrons. The van der Waals surface area contributed by atoms with E-state index in [9.17, 15) is 36.2 Å². The molecule has 3 rings (SSSR count). The second-order valence-electron chi connectivity index (χ2n) is 9.09. The van der Waals surface area contributed by atoms with Gasteiger partial charge < -0.3 is 15.2 Å². The number of alkyl halides is 6. The quantitative estimate of drug-likeness (QED) is 0.395. The SMILES string of the molecule is CC(C)(C(=O)OCC1CC2CC1CC2CC(O)(C(F)(F)F)C(F)(F)F)C1CN1. The standard InChI is InChI=1S/C18H25F6NO3/c1-15(2,13-7-25-13)14(26)28-8-12-5-9-3-10(12)4-11(9)6-16(27,17(19,20)21)18(22,23)24/h9-13,25,27H,3-8H2,1-2H3. The monoisotopic (exact) mass is 417 g/mol. The highest BCUT2D eigenvalue weighted by atomic mass is 19.4. The minimum Gasteiger partial charge on any atom is -0.465 e. The highest BCUT2D eigenvalue weighted by Gasteiger charge is 2.71. The molecular formula is C18H25F6NO3. The van der Waals surface area contributed by atoms with E-state index in [1.807, 2.05) is 0 Å².